The number of phenolic OH excluding ortho intramolecular Hbond substituents is 1. The van der Waals surface area contributed by atoms with Crippen LogP contribution in [-0.2, 0) is 34.9 Å². The summed E-state index contributed by atoms with van der Waals surface area (Å²) in [5, 5.41) is 23.3. The summed E-state index contributed by atoms with van der Waals surface area (Å²) in [5.41, 5.74) is -1.78. The van der Waals surface area contributed by atoms with Crippen LogP contribution < -0.4 is 133 Å². The van der Waals surface area contributed by atoms with Gasteiger partial charge in [-0.05, 0) is 66.8 Å². The minimum Gasteiger partial charge on any atom is -0.807 e. The molecule has 4 aromatic carbocycles. The average molecular weight is 760 g/mol. The fourth-order valence-electron chi connectivity index (χ4n) is 3.61. The molecule has 0 bridgehead atoms. The van der Waals surface area contributed by atoms with Gasteiger partial charge in [-0.3, -0.25) is 0 Å². The van der Waals surface area contributed by atoms with Crippen molar-refractivity contribution in [1.29, 1.82) is 0 Å². The van der Waals surface area contributed by atoms with Gasteiger partial charge in [0.1, 0.15) is 47.5 Å². The van der Waals surface area contributed by atoms with Crippen molar-refractivity contribution in [1.82, 2.24) is 0 Å². The van der Waals surface area contributed by atoms with Gasteiger partial charge in [-0.15, -0.1) is 10.2 Å². The maximum atomic E-state index is 12.0. The molecule has 0 aromatic heterocycles. The molecule has 1 N–H and O–H groups in total. The second-order valence-electron chi connectivity index (χ2n) is 8.38. The molecule has 0 radical (unpaired) electrons. The molecule has 0 aliphatic heterocycles. The van der Waals surface area contributed by atoms with Crippen molar-refractivity contribution in [3.8, 4) is 5.75 Å². The van der Waals surface area contributed by atoms with E-state index in [4.69, 9.17) is 0 Å². The number of nitrogens with zero attached hydrogens (tertiary/aromatic N) is 4. The summed E-state index contributed by atoms with van der Waals surface area (Å²) in [6.07, 6.45) is 0. The molecule has 4 aromatic rings. The quantitative estimate of drug-likeness (QED) is 0.0756. The van der Waals surface area contributed by atoms with E-state index in [1.165, 1.54) is 12.1 Å². The van der Waals surface area contributed by atoms with Gasteiger partial charge in [-0.1, -0.05) is 18.2 Å². The molecule has 0 amide bonds. The van der Waals surface area contributed by atoms with Gasteiger partial charge < -0.3 is 33.1 Å². The van der Waals surface area contributed by atoms with E-state index in [2.05, 4.69) is 20.5 Å². The van der Waals surface area contributed by atoms with Crippen LogP contribution in [0.4, 0.5) is 22.7 Å². The zero-order valence-corrected chi connectivity index (χ0v) is 36.0. The second-order valence-corrected chi connectivity index (χ2v) is 14.0. The molecule has 0 fully saturated rings. The van der Waals surface area contributed by atoms with Crippen LogP contribution in [0.2, 0.25) is 0 Å². The van der Waals surface area contributed by atoms with E-state index < -0.39 is 80.5 Å². The smallest absolute Gasteiger partial charge is 0.807 e. The van der Waals surface area contributed by atoms with Crippen molar-refractivity contribution < 1.29 is 178 Å². The first kappa shape index (κ1) is 47.0. The monoisotopic (exact) mass is 760 g/mol. The van der Waals surface area contributed by atoms with Gasteiger partial charge in [-0.2, -0.15) is 10.2 Å². The van der Waals surface area contributed by atoms with Crippen LogP contribution in [0.3, 0.4) is 0 Å². The Morgan fingerprint density at radius 3 is 1.74 bits per heavy atom. The molecule has 0 atom stereocenters. The summed E-state index contributed by atoms with van der Waals surface area (Å²) in [7, 11) is -21.2. The van der Waals surface area contributed by atoms with E-state index in [-0.39, 0.29) is 142 Å². The van der Waals surface area contributed by atoms with E-state index in [1.54, 1.807) is 0 Å². The van der Waals surface area contributed by atoms with E-state index in [1.807, 2.05) is 0 Å². The Bertz CT molecular complexity index is 2260. The van der Waals surface area contributed by atoms with Crippen LogP contribution in [-0.4, -0.2) is 44.0 Å². The zero-order valence-electron chi connectivity index (χ0n) is 25.7. The standard InChI is InChI=1S/C22H17N4O13PS3.4Na/c27-18-7-4-12-8-16(41(31,32)33)11-20(43(37,38)39)21(12)22(18)26-25-17-6-5-14(10-19(17)42(34,35)36)24-23-13-2-1-3-15(9-13)40(28,29)30;;;;/h1-11,27H,(H2,28,29,30)(H,31,32,33)(H,34,35,36)(H,37,38,39);;;;/q;4*+1/p-4. The van der Waals surface area contributed by atoms with Gasteiger partial charge >= 0.3 is 120 Å². The van der Waals surface area contributed by atoms with E-state index in [9.17, 15) is 58.4 Å². The molecule has 0 spiro atoms. The molecule has 4 rings (SSSR count). The molecular weight excluding hydrogens is 747 g/mol. The van der Waals surface area contributed by atoms with Gasteiger partial charge in [0.2, 0.25) is 0 Å². The molecule has 47 heavy (non-hydrogen) atoms. The number of hydrogen-bond donors (Lipinski definition) is 1. The van der Waals surface area contributed by atoms with Crippen molar-refractivity contribution in [2.45, 2.75) is 14.7 Å². The summed E-state index contributed by atoms with van der Waals surface area (Å²) in [5.74, 6) is -0.807. The molecule has 17 nitrogen and oxygen atoms in total. The Balaban J connectivity index is 0. The Hall–Kier alpha value is 0.0200. The predicted octanol–water partition coefficient (Wildman–Crippen LogP) is -10.2. The summed E-state index contributed by atoms with van der Waals surface area (Å²) in [4.78, 5) is 19.1. The third-order valence-electron chi connectivity index (χ3n) is 5.46. The Morgan fingerprint density at radius 1 is 0.638 bits per heavy atom. The van der Waals surface area contributed by atoms with Crippen LogP contribution in [0.25, 0.3) is 10.8 Å². The van der Waals surface area contributed by atoms with Crippen LogP contribution in [0.15, 0.2) is 102 Å². The minimum atomic E-state index is -5.50. The molecule has 0 saturated heterocycles. The second kappa shape index (κ2) is 18.0. The first-order valence-electron chi connectivity index (χ1n) is 11.0. The van der Waals surface area contributed by atoms with Crippen molar-refractivity contribution in [3.05, 3.63) is 66.7 Å². The number of aromatic hydroxyl groups is 1. The van der Waals surface area contributed by atoms with Crippen LogP contribution in [0.1, 0.15) is 1.43 Å². The maximum Gasteiger partial charge on any atom is 1.00 e. The van der Waals surface area contributed by atoms with Crippen LogP contribution in [0, 0.1) is 0 Å². The van der Waals surface area contributed by atoms with Crippen LogP contribution in [0.5, 0.6) is 5.75 Å². The SMILES string of the molecule is O=P([O-])([O-])c1cccc(N=Nc2ccc(N=Nc3c(O)ccc4cc(S(=O)(=O)[O-])cc(S(=O)(=O)[O-])c34)c(S(=O)(=O)[O-])c2)c1.[H+].[Na+].[Na+].[Na+].[Na+]. The van der Waals surface area contributed by atoms with E-state index in [0.717, 1.165) is 36.4 Å². The largest absolute Gasteiger partial charge is 1.00 e. The fourth-order valence-corrected chi connectivity index (χ4v) is 6.14. The molecule has 0 heterocycles. The number of fused-ring (bicyclic) bond motifs is 1. The van der Waals surface area contributed by atoms with E-state index >= 15 is 0 Å². The molecule has 226 valence electrons. The Labute approximate surface area is 357 Å². The van der Waals surface area contributed by atoms with Gasteiger partial charge in [0.05, 0.1) is 26.1 Å². The maximum absolute atomic E-state index is 12.0. The van der Waals surface area contributed by atoms with Gasteiger partial charge in [0.15, 0.2) is 0 Å². The summed E-state index contributed by atoms with van der Waals surface area (Å²) >= 11 is 0. The van der Waals surface area contributed by atoms with Crippen molar-refractivity contribution in [2.24, 2.45) is 20.5 Å². The first-order chi connectivity index (χ1) is 19.7. The van der Waals surface area contributed by atoms with Gasteiger partial charge in [-0.25, -0.2) is 25.3 Å². The normalized spacial score (nSPS) is 12.2. The first-order valence-corrected chi connectivity index (χ1v) is 16.8. The number of benzene rings is 4. The van der Waals surface area contributed by atoms with E-state index in [0.29, 0.717) is 12.1 Å². The molecule has 25 heteroatoms. The fraction of sp³-hybridized carbons (Fsp3) is 0. The summed E-state index contributed by atoms with van der Waals surface area (Å²) in [6, 6.07) is 9.96. The zero-order chi connectivity index (χ0) is 32.0. The van der Waals surface area contributed by atoms with Crippen molar-refractivity contribution >= 4 is 76.8 Å². The van der Waals surface area contributed by atoms with Crippen molar-refractivity contribution in [2.75, 3.05) is 0 Å². The third kappa shape index (κ3) is 12.1. The third-order valence-corrected chi connectivity index (χ3v) is 8.91. The Kier molecular flexibility index (Phi) is 18.0. The number of phenols is 1. The minimum absolute atomic E-state index is 0. The van der Waals surface area contributed by atoms with Crippen molar-refractivity contribution in [3.63, 3.8) is 0 Å². The molecule has 0 aliphatic carbocycles. The summed E-state index contributed by atoms with van der Waals surface area (Å²) in [6.45, 7) is 0. The number of azo groups is 2. The van der Waals surface area contributed by atoms with Gasteiger partial charge in [0, 0.05) is 5.39 Å². The molecular formula is C22H13N4Na4O13PS3. The topological polar surface area (TPSA) is 304 Å². The number of hydrogen-bond acceptors (Lipinski definition) is 17. The molecule has 0 unspecified atom stereocenters. The van der Waals surface area contributed by atoms with Gasteiger partial charge in [0.25, 0.3) is 0 Å². The number of rotatable bonds is 8. The Morgan fingerprint density at radius 2 is 1.21 bits per heavy atom. The molecule has 0 saturated carbocycles. The van der Waals surface area contributed by atoms with Crippen LogP contribution >= 0.6 is 7.60 Å². The summed E-state index contributed by atoms with van der Waals surface area (Å²) < 4.78 is 117. The predicted molar refractivity (Wildman–Crippen MR) is 139 cm³/mol. The average Bonchev–Trinajstić information content (AvgIpc) is 2.89. The molecule has 0 aliphatic rings.